The number of nitrogens with zero attached hydrogens (tertiary/aromatic N) is 1. The molecular formula is C27H36N2O3S. The maximum absolute atomic E-state index is 12.8. The highest BCUT2D eigenvalue weighted by molar-refractivity contribution is 8.06. The van der Waals surface area contributed by atoms with Crippen LogP contribution < -0.4 is 10.2 Å². The number of hydrogen-bond acceptors (Lipinski definition) is 6. The van der Waals surface area contributed by atoms with Crippen molar-refractivity contribution in [3.05, 3.63) is 59.5 Å². The molecule has 0 saturated heterocycles. The zero-order chi connectivity index (χ0) is 23.6. The molecule has 0 bridgehead atoms. The van der Waals surface area contributed by atoms with Gasteiger partial charge in [-0.3, -0.25) is 15.0 Å². The van der Waals surface area contributed by atoms with E-state index in [4.69, 9.17) is 4.74 Å². The molecule has 0 saturated carbocycles. The van der Waals surface area contributed by atoms with Crippen LogP contribution in [0.5, 0.6) is 5.75 Å². The summed E-state index contributed by atoms with van der Waals surface area (Å²) in [7, 11) is 0. The van der Waals surface area contributed by atoms with Gasteiger partial charge in [0.05, 0.1) is 10.8 Å². The van der Waals surface area contributed by atoms with Gasteiger partial charge in [-0.25, -0.2) is 4.41 Å². The van der Waals surface area contributed by atoms with Gasteiger partial charge in [-0.05, 0) is 43.0 Å². The highest BCUT2D eigenvalue weighted by atomic mass is 32.2. The molecule has 0 spiro atoms. The summed E-state index contributed by atoms with van der Waals surface area (Å²) in [5.74, 6) is 0.377. The van der Waals surface area contributed by atoms with E-state index in [1.54, 1.807) is 0 Å². The van der Waals surface area contributed by atoms with Gasteiger partial charge in [0.1, 0.15) is 11.4 Å². The lowest BCUT2D eigenvalue weighted by Gasteiger charge is -2.22. The monoisotopic (exact) mass is 468 g/mol. The van der Waals surface area contributed by atoms with Gasteiger partial charge in [0.2, 0.25) is 0 Å². The Kier molecular flexibility index (Phi) is 9.67. The van der Waals surface area contributed by atoms with E-state index in [2.05, 4.69) is 18.4 Å². The predicted octanol–water partition coefficient (Wildman–Crippen LogP) is 6.94. The number of ether oxygens (including phenoxy) is 1. The molecule has 1 N–H and O–H groups in total. The molecule has 3 rings (SSSR count). The number of rotatable bonds is 12. The highest BCUT2D eigenvalue weighted by Gasteiger charge is 2.26. The third-order valence-electron chi connectivity index (χ3n) is 6.10. The van der Waals surface area contributed by atoms with Crippen molar-refractivity contribution in [1.82, 2.24) is 9.84 Å². The molecule has 1 atom stereocenters. The quantitative estimate of drug-likeness (QED) is 0.155. The van der Waals surface area contributed by atoms with Gasteiger partial charge in [0.15, 0.2) is 5.78 Å². The summed E-state index contributed by atoms with van der Waals surface area (Å²) in [5, 5.41) is 0. The van der Waals surface area contributed by atoms with Crippen LogP contribution in [0.25, 0.3) is 4.91 Å². The lowest BCUT2D eigenvalue weighted by Crippen LogP contribution is -2.28. The number of nitrogens with one attached hydrogen (secondary N) is 1. The second-order valence-electron chi connectivity index (χ2n) is 8.77. The molecule has 5 nitrogen and oxygen atoms in total. The fraction of sp³-hybridized carbons (Fsp3) is 0.481. The van der Waals surface area contributed by atoms with E-state index in [0.717, 1.165) is 29.7 Å². The minimum absolute atomic E-state index is 0.114. The predicted molar refractivity (Wildman–Crippen MR) is 136 cm³/mol. The van der Waals surface area contributed by atoms with Crippen molar-refractivity contribution in [3.8, 4) is 5.75 Å². The summed E-state index contributed by atoms with van der Waals surface area (Å²) in [6.07, 6.45) is 15.8. The van der Waals surface area contributed by atoms with Gasteiger partial charge in [0, 0.05) is 24.6 Å². The summed E-state index contributed by atoms with van der Waals surface area (Å²) >= 11 is 1.49. The van der Waals surface area contributed by atoms with E-state index in [0.29, 0.717) is 17.9 Å². The first kappa shape index (κ1) is 25.2. The first-order chi connectivity index (χ1) is 16.0. The highest BCUT2D eigenvalue weighted by Crippen LogP contribution is 2.38. The summed E-state index contributed by atoms with van der Waals surface area (Å²) in [5.41, 5.74) is 6.11. The third-order valence-corrected chi connectivity index (χ3v) is 7.13. The first-order valence-electron chi connectivity index (χ1n) is 12.2. The maximum atomic E-state index is 12.8. The normalized spacial score (nSPS) is 16.6. The van der Waals surface area contributed by atoms with Crippen molar-refractivity contribution >= 4 is 28.6 Å². The Morgan fingerprint density at radius 2 is 1.82 bits per heavy atom. The lowest BCUT2D eigenvalue weighted by molar-refractivity contribution is -0.138. The molecular weight excluding hydrogens is 432 g/mol. The average Bonchev–Trinajstić information content (AvgIpc) is 3.31. The first-order valence-corrected chi connectivity index (χ1v) is 13.0. The van der Waals surface area contributed by atoms with E-state index in [1.807, 2.05) is 54.8 Å². The molecule has 1 aromatic carbocycles. The Bertz CT molecular complexity index is 918. The second-order valence-corrected chi connectivity index (χ2v) is 9.76. The van der Waals surface area contributed by atoms with E-state index in [9.17, 15) is 9.59 Å². The van der Waals surface area contributed by atoms with Gasteiger partial charge in [-0.15, -0.1) is 0 Å². The van der Waals surface area contributed by atoms with E-state index in [1.165, 1.54) is 49.6 Å². The molecule has 0 fully saturated rings. The van der Waals surface area contributed by atoms with Crippen LogP contribution in [0.1, 0.15) is 84.1 Å². The number of esters is 1. The Balaban J connectivity index is 1.50. The number of benzene rings is 1. The zero-order valence-electron chi connectivity index (χ0n) is 20.1. The Morgan fingerprint density at radius 1 is 1.09 bits per heavy atom. The molecule has 0 amide bonds. The topological polar surface area (TPSA) is 58.6 Å². The standard InChI is InChI=1S/C27H36N2O3S/c1-4-6-7-8-9-10-11-21-12-17-24(25(30)18-21)29-28-19-26(33-29)22-13-15-23(16-14-22)32-27(31)20(3)5-2/h12-17,19-20,28H,4-11,18H2,1-3H3/t20-/m0/s1. The number of ketones is 1. The van der Waals surface area contributed by atoms with Crippen LogP contribution in [0.4, 0.5) is 0 Å². The molecule has 0 aromatic heterocycles. The number of Topliss-reactive ketones (excluding diaryl/α,β-unsaturated/α-hetero) is 1. The van der Waals surface area contributed by atoms with Crippen LogP contribution in [-0.2, 0) is 9.59 Å². The molecule has 0 unspecified atom stereocenters. The molecule has 1 aliphatic carbocycles. The molecule has 2 aliphatic rings. The van der Waals surface area contributed by atoms with Crippen LogP contribution in [-0.4, -0.2) is 16.2 Å². The smallest absolute Gasteiger partial charge is 0.314 e. The van der Waals surface area contributed by atoms with E-state index < -0.39 is 0 Å². The van der Waals surface area contributed by atoms with Crippen LogP contribution in [0.2, 0.25) is 0 Å². The summed E-state index contributed by atoms with van der Waals surface area (Å²) < 4.78 is 7.25. The second kappa shape index (κ2) is 12.7. The van der Waals surface area contributed by atoms with Crippen molar-refractivity contribution < 1.29 is 14.3 Å². The molecule has 178 valence electrons. The number of hydrazine groups is 1. The summed E-state index contributed by atoms with van der Waals surface area (Å²) in [4.78, 5) is 25.7. The van der Waals surface area contributed by atoms with Gasteiger partial charge < -0.3 is 4.74 Å². The van der Waals surface area contributed by atoms with Crippen molar-refractivity contribution in [3.63, 3.8) is 0 Å². The molecule has 1 heterocycles. The third kappa shape index (κ3) is 7.26. The fourth-order valence-corrected chi connectivity index (χ4v) is 4.63. The Hall–Kier alpha value is -2.47. The largest absolute Gasteiger partial charge is 0.426 e. The van der Waals surface area contributed by atoms with Crippen LogP contribution >= 0.6 is 11.9 Å². The number of allylic oxidation sites excluding steroid dienone is 4. The lowest BCUT2D eigenvalue weighted by atomic mass is 9.96. The average molecular weight is 469 g/mol. The molecule has 0 radical (unpaired) electrons. The number of unbranched alkanes of at least 4 members (excludes halogenated alkanes) is 5. The molecule has 1 aromatic rings. The SMILES string of the molecule is CCCCCCCCC1=CC=C(N2NC=C(c3ccc(OC(=O)[C@@H](C)CC)cc3)S2)C(=O)C1. The van der Waals surface area contributed by atoms with Crippen LogP contribution in [0, 0.1) is 5.92 Å². The van der Waals surface area contributed by atoms with E-state index >= 15 is 0 Å². The minimum Gasteiger partial charge on any atom is -0.426 e. The van der Waals surface area contributed by atoms with Crippen LogP contribution in [0.3, 0.4) is 0 Å². The minimum atomic E-state index is -0.209. The van der Waals surface area contributed by atoms with Gasteiger partial charge in [-0.2, -0.15) is 0 Å². The van der Waals surface area contributed by atoms with Gasteiger partial charge in [-0.1, -0.05) is 76.7 Å². The number of hydrogen-bond donors (Lipinski definition) is 1. The van der Waals surface area contributed by atoms with Crippen molar-refractivity contribution in [2.45, 2.75) is 78.6 Å². The Morgan fingerprint density at radius 3 is 2.52 bits per heavy atom. The number of carbonyl (C=O) groups excluding carboxylic acids is 2. The van der Waals surface area contributed by atoms with Gasteiger partial charge in [0.25, 0.3) is 0 Å². The molecule has 1 aliphatic heterocycles. The molecule has 6 heteroatoms. The molecule has 33 heavy (non-hydrogen) atoms. The van der Waals surface area contributed by atoms with E-state index in [-0.39, 0.29) is 17.7 Å². The fourth-order valence-electron chi connectivity index (χ4n) is 3.72. The maximum Gasteiger partial charge on any atom is 0.314 e. The summed E-state index contributed by atoms with van der Waals surface area (Å²) in [6.45, 7) is 6.07. The summed E-state index contributed by atoms with van der Waals surface area (Å²) in [6, 6.07) is 7.47. The van der Waals surface area contributed by atoms with Crippen LogP contribution in [0.15, 0.2) is 53.9 Å². The van der Waals surface area contributed by atoms with Crippen molar-refractivity contribution in [2.24, 2.45) is 5.92 Å². The van der Waals surface area contributed by atoms with Crippen molar-refractivity contribution in [2.75, 3.05) is 0 Å². The Labute approximate surface area is 202 Å². The zero-order valence-corrected chi connectivity index (χ0v) is 20.9. The van der Waals surface area contributed by atoms with Crippen molar-refractivity contribution in [1.29, 1.82) is 0 Å². The van der Waals surface area contributed by atoms with Gasteiger partial charge >= 0.3 is 5.97 Å². The number of carbonyl (C=O) groups is 2.